The smallest absolute Gasteiger partial charge is 0.233 e. The summed E-state index contributed by atoms with van der Waals surface area (Å²) in [6.07, 6.45) is 0. The zero-order valence-electron chi connectivity index (χ0n) is 9.90. The average Bonchev–Trinajstić information content (AvgIpc) is 2.15. The molecule has 0 aliphatic carbocycles. The van der Waals surface area contributed by atoms with Gasteiger partial charge in [-0.25, -0.2) is 8.42 Å². The Labute approximate surface area is 116 Å². The Hall–Kier alpha value is -0.340. The van der Waals surface area contributed by atoms with Crippen molar-refractivity contribution in [1.82, 2.24) is 5.32 Å². The largest absolute Gasteiger partial charge is 0.313 e. The van der Waals surface area contributed by atoms with Crippen LogP contribution >= 0.6 is 22.6 Å². The molecule has 2 N–H and O–H groups in total. The van der Waals surface area contributed by atoms with Crippen LogP contribution < -0.4 is 10.0 Å². The van der Waals surface area contributed by atoms with Gasteiger partial charge in [-0.1, -0.05) is 19.9 Å². The summed E-state index contributed by atoms with van der Waals surface area (Å²) in [7, 11) is -3.26. The zero-order valence-corrected chi connectivity index (χ0v) is 12.9. The number of sulfonamides is 1. The molecule has 0 aliphatic heterocycles. The van der Waals surface area contributed by atoms with Gasteiger partial charge in [0, 0.05) is 21.8 Å². The van der Waals surface area contributed by atoms with E-state index in [0.29, 0.717) is 18.3 Å². The maximum atomic E-state index is 11.7. The van der Waals surface area contributed by atoms with E-state index in [1.165, 1.54) is 0 Å². The Kier molecular flexibility index (Phi) is 5.68. The minimum absolute atomic E-state index is 0.0800. The molecular weight excluding hydrogens is 351 g/mol. The van der Waals surface area contributed by atoms with E-state index in [1.807, 2.05) is 26.0 Å². The number of hydrogen-bond donors (Lipinski definition) is 2. The van der Waals surface area contributed by atoms with Gasteiger partial charge in [-0.15, -0.1) is 0 Å². The van der Waals surface area contributed by atoms with Crippen molar-refractivity contribution in [2.75, 3.05) is 17.0 Å². The first-order valence-corrected chi connectivity index (χ1v) is 8.11. The van der Waals surface area contributed by atoms with Crippen molar-refractivity contribution in [3.8, 4) is 0 Å². The summed E-state index contributed by atoms with van der Waals surface area (Å²) in [4.78, 5) is 0. The lowest BCUT2D eigenvalue weighted by atomic mass is 10.3. The fourth-order valence-corrected chi connectivity index (χ4v) is 2.78. The second kappa shape index (κ2) is 6.55. The molecule has 1 aromatic carbocycles. The topological polar surface area (TPSA) is 58.2 Å². The standard InChI is InChI=1S/C11H17IN2O2S/c1-9(2)13-6-7-17(15,16)14-11-5-3-4-10(12)8-11/h3-5,8-9,13-14H,6-7H2,1-2H3. The van der Waals surface area contributed by atoms with E-state index in [1.54, 1.807) is 12.1 Å². The molecule has 0 atom stereocenters. The van der Waals surface area contributed by atoms with Crippen LogP contribution in [0.5, 0.6) is 0 Å². The summed E-state index contributed by atoms with van der Waals surface area (Å²) >= 11 is 2.15. The number of halogens is 1. The predicted molar refractivity (Wildman–Crippen MR) is 79.7 cm³/mol. The number of nitrogens with one attached hydrogen (secondary N) is 2. The van der Waals surface area contributed by atoms with E-state index in [4.69, 9.17) is 0 Å². The highest BCUT2D eigenvalue weighted by Gasteiger charge is 2.10. The minimum Gasteiger partial charge on any atom is -0.313 e. The molecule has 0 bridgehead atoms. The molecule has 0 aromatic heterocycles. The second-order valence-corrected chi connectivity index (χ2v) is 7.13. The lowest BCUT2D eigenvalue weighted by Gasteiger charge is -2.10. The maximum Gasteiger partial charge on any atom is 0.233 e. The fraction of sp³-hybridized carbons (Fsp3) is 0.455. The molecule has 0 spiro atoms. The molecule has 0 amide bonds. The van der Waals surface area contributed by atoms with Crippen LogP contribution in [0.2, 0.25) is 0 Å². The van der Waals surface area contributed by atoms with Gasteiger partial charge in [0.1, 0.15) is 0 Å². The zero-order chi connectivity index (χ0) is 12.9. The van der Waals surface area contributed by atoms with Crippen molar-refractivity contribution >= 4 is 38.3 Å². The van der Waals surface area contributed by atoms with Gasteiger partial charge in [-0.3, -0.25) is 4.72 Å². The van der Waals surface area contributed by atoms with Crippen molar-refractivity contribution in [2.45, 2.75) is 19.9 Å². The van der Waals surface area contributed by atoms with Crippen molar-refractivity contribution in [1.29, 1.82) is 0 Å². The highest BCUT2D eigenvalue weighted by molar-refractivity contribution is 14.1. The quantitative estimate of drug-likeness (QED) is 0.756. The van der Waals surface area contributed by atoms with Crippen LogP contribution in [0.4, 0.5) is 5.69 Å². The van der Waals surface area contributed by atoms with Gasteiger partial charge in [0.15, 0.2) is 0 Å². The Bertz CT molecular complexity index is 460. The van der Waals surface area contributed by atoms with Gasteiger partial charge < -0.3 is 5.32 Å². The molecule has 96 valence electrons. The van der Waals surface area contributed by atoms with E-state index in [-0.39, 0.29) is 5.75 Å². The molecule has 0 heterocycles. The SMILES string of the molecule is CC(C)NCCS(=O)(=O)Nc1cccc(I)c1. The van der Waals surface area contributed by atoms with Crippen LogP contribution in [0.15, 0.2) is 24.3 Å². The summed E-state index contributed by atoms with van der Waals surface area (Å²) in [6.45, 7) is 4.43. The van der Waals surface area contributed by atoms with E-state index in [9.17, 15) is 8.42 Å². The molecule has 17 heavy (non-hydrogen) atoms. The molecule has 0 fully saturated rings. The molecule has 0 radical (unpaired) electrons. The summed E-state index contributed by atoms with van der Waals surface area (Å²) in [5.74, 6) is 0.0800. The molecule has 6 heteroatoms. The summed E-state index contributed by atoms with van der Waals surface area (Å²) < 4.78 is 27.0. The first-order valence-electron chi connectivity index (χ1n) is 5.38. The highest BCUT2D eigenvalue weighted by atomic mass is 127. The number of hydrogen-bond acceptors (Lipinski definition) is 3. The molecule has 1 rings (SSSR count). The Balaban J connectivity index is 2.55. The van der Waals surface area contributed by atoms with Crippen molar-refractivity contribution < 1.29 is 8.42 Å². The minimum atomic E-state index is -3.26. The van der Waals surface area contributed by atoms with Gasteiger partial charge in [-0.2, -0.15) is 0 Å². The predicted octanol–water partition coefficient (Wildman–Crippen LogP) is 2.03. The Morgan fingerprint density at radius 2 is 2.06 bits per heavy atom. The van der Waals surface area contributed by atoms with E-state index in [2.05, 4.69) is 32.6 Å². The fourth-order valence-electron chi connectivity index (χ4n) is 1.26. The molecule has 0 aliphatic rings. The number of rotatable bonds is 6. The molecular formula is C11H17IN2O2S. The molecule has 4 nitrogen and oxygen atoms in total. The van der Waals surface area contributed by atoms with E-state index >= 15 is 0 Å². The van der Waals surface area contributed by atoms with Crippen molar-refractivity contribution in [3.05, 3.63) is 27.8 Å². The maximum absolute atomic E-state index is 11.7. The first kappa shape index (κ1) is 14.7. The van der Waals surface area contributed by atoms with E-state index < -0.39 is 10.0 Å². The summed E-state index contributed by atoms with van der Waals surface area (Å²) in [5, 5.41) is 3.08. The number of benzene rings is 1. The van der Waals surface area contributed by atoms with Crippen LogP contribution in [0.25, 0.3) is 0 Å². The van der Waals surface area contributed by atoms with Crippen molar-refractivity contribution in [2.24, 2.45) is 0 Å². The Morgan fingerprint density at radius 3 is 2.65 bits per heavy atom. The van der Waals surface area contributed by atoms with Gasteiger partial charge in [0.2, 0.25) is 10.0 Å². The molecule has 1 aromatic rings. The molecule has 0 saturated carbocycles. The van der Waals surface area contributed by atoms with Crippen LogP contribution in [-0.4, -0.2) is 26.8 Å². The van der Waals surface area contributed by atoms with Gasteiger partial charge in [0.05, 0.1) is 5.75 Å². The van der Waals surface area contributed by atoms with Gasteiger partial charge >= 0.3 is 0 Å². The third kappa shape index (κ3) is 6.23. The lowest BCUT2D eigenvalue weighted by molar-refractivity contribution is 0.582. The second-order valence-electron chi connectivity index (χ2n) is 4.04. The Morgan fingerprint density at radius 1 is 1.35 bits per heavy atom. The molecule has 0 saturated heterocycles. The molecule has 0 unspecified atom stereocenters. The highest BCUT2D eigenvalue weighted by Crippen LogP contribution is 2.13. The van der Waals surface area contributed by atoms with Gasteiger partial charge in [-0.05, 0) is 40.8 Å². The number of anilines is 1. The van der Waals surface area contributed by atoms with Crippen LogP contribution in [0, 0.1) is 3.57 Å². The van der Waals surface area contributed by atoms with Crippen LogP contribution in [0.3, 0.4) is 0 Å². The van der Waals surface area contributed by atoms with Crippen LogP contribution in [-0.2, 0) is 10.0 Å². The third-order valence-corrected chi connectivity index (χ3v) is 3.98. The van der Waals surface area contributed by atoms with Crippen molar-refractivity contribution in [3.63, 3.8) is 0 Å². The van der Waals surface area contributed by atoms with Crippen LogP contribution in [0.1, 0.15) is 13.8 Å². The third-order valence-electron chi connectivity index (χ3n) is 2.02. The summed E-state index contributed by atoms with van der Waals surface area (Å²) in [6, 6.07) is 7.58. The van der Waals surface area contributed by atoms with E-state index in [0.717, 1.165) is 3.57 Å². The lowest BCUT2D eigenvalue weighted by Crippen LogP contribution is -2.30. The van der Waals surface area contributed by atoms with Gasteiger partial charge in [0.25, 0.3) is 0 Å². The average molecular weight is 368 g/mol. The first-order chi connectivity index (χ1) is 7.89. The monoisotopic (exact) mass is 368 g/mol. The summed E-state index contributed by atoms with van der Waals surface area (Å²) in [5.41, 5.74) is 0.612. The normalized spacial score (nSPS) is 11.8.